The first-order valence-electron chi connectivity index (χ1n) is 23.7. The number of aliphatic hydroxyl groups excluding tert-OH is 6. The predicted molar refractivity (Wildman–Crippen MR) is 257 cm³/mol. The molecule has 0 fully saturated rings. The number of hydrogen-bond donors (Lipinski definition) is 7. The summed E-state index contributed by atoms with van der Waals surface area (Å²) >= 11 is 0. The van der Waals surface area contributed by atoms with Gasteiger partial charge >= 0.3 is 19.8 Å². The van der Waals surface area contributed by atoms with Gasteiger partial charge in [0.1, 0.15) is 31.0 Å². The second kappa shape index (κ2) is 35.3. The second-order valence-corrected chi connectivity index (χ2v) is 17.9. The van der Waals surface area contributed by atoms with Crippen molar-refractivity contribution in [2.24, 2.45) is 11.8 Å². The Morgan fingerprint density at radius 2 is 1.40 bits per heavy atom. The van der Waals surface area contributed by atoms with Gasteiger partial charge < -0.3 is 45.0 Å². The maximum atomic E-state index is 13.5. The summed E-state index contributed by atoms with van der Waals surface area (Å²) in [6.07, 6.45) is 26.4. The van der Waals surface area contributed by atoms with E-state index in [4.69, 9.17) is 18.5 Å². The van der Waals surface area contributed by atoms with Gasteiger partial charge in [-0.3, -0.25) is 23.4 Å². The molecule has 376 valence electrons. The number of carbonyl (C=O) groups excluding carboxylic acids is 3. The third kappa shape index (κ3) is 25.9. The van der Waals surface area contributed by atoms with Crippen molar-refractivity contribution in [3.8, 4) is 0 Å². The fourth-order valence-electron chi connectivity index (χ4n) is 6.93. The third-order valence-corrected chi connectivity index (χ3v) is 11.8. The molecular weight excluding hydrogens is 884 g/mol. The predicted octanol–water partition coefficient (Wildman–Crippen LogP) is 7.22. The highest BCUT2D eigenvalue weighted by atomic mass is 31.2. The molecule has 1 heterocycles. The summed E-state index contributed by atoms with van der Waals surface area (Å²) in [5.41, 5.74) is 0. The highest BCUT2D eigenvalue weighted by Crippen LogP contribution is 2.47. The minimum absolute atomic E-state index is 0.0154. The molecule has 0 saturated carbocycles. The van der Waals surface area contributed by atoms with Gasteiger partial charge in [-0.15, -0.1) is 0 Å². The lowest BCUT2D eigenvalue weighted by atomic mass is 9.87. The van der Waals surface area contributed by atoms with Crippen molar-refractivity contribution in [3.63, 3.8) is 0 Å². The fourth-order valence-corrected chi connectivity index (χ4v) is 7.90. The van der Waals surface area contributed by atoms with Gasteiger partial charge in [0.2, 0.25) is 0 Å². The van der Waals surface area contributed by atoms with Gasteiger partial charge in [0, 0.05) is 18.8 Å². The van der Waals surface area contributed by atoms with Gasteiger partial charge in [-0.1, -0.05) is 136 Å². The summed E-state index contributed by atoms with van der Waals surface area (Å²) in [5.74, 6) is -4.77. The van der Waals surface area contributed by atoms with E-state index in [2.05, 4.69) is 55.5 Å². The highest BCUT2D eigenvalue weighted by molar-refractivity contribution is 7.47. The molecule has 67 heavy (non-hydrogen) atoms. The van der Waals surface area contributed by atoms with Crippen molar-refractivity contribution >= 4 is 25.5 Å². The molecule has 0 aromatic carbocycles. The zero-order chi connectivity index (χ0) is 49.3. The summed E-state index contributed by atoms with van der Waals surface area (Å²) in [7, 11) is -5.44. The molecule has 0 aromatic rings. The average Bonchev–Trinajstić information content (AvgIpc) is 3.30. The standard InChI is InChI=1S/C51H77O15P/c1-3-5-7-8-9-10-11-12-13-14-15-16-17-18-19-20-21-22-27-31-44(54)63-37-41-38-64-67(61,62)66-51-49(59)47(57)42(35-34-40(52)30-25-6-4-2)43(53)36-33-39(46(56)48(58)50(51)60)29-26-23-24-28-32-45(55)65-41/h5,7,9-10,12-13,15-16,18-19,21-23,26,33-36,39-42,46-52,56-60H,3-4,6,8,11,14,17,20,24-25,27-32,37-38H2,1-2H3,(H,61,62)/b7-5-,10-9-,13-12-,16-15-,19-18-,22-21-,26-23-,35-34+,36-33-/t39-,40-,41+,42-,46+,47+,48-,49+,50+,51+/m0/s1. The second-order valence-electron chi connectivity index (χ2n) is 16.5. The van der Waals surface area contributed by atoms with E-state index >= 15 is 0 Å². The molecule has 11 atom stereocenters. The smallest absolute Gasteiger partial charge is 0.462 e. The zero-order valence-corrected chi connectivity index (χ0v) is 40.1. The van der Waals surface area contributed by atoms with Crippen molar-refractivity contribution in [1.29, 1.82) is 0 Å². The van der Waals surface area contributed by atoms with Crippen molar-refractivity contribution in [3.05, 3.63) is 109 Å². The van der Waals surface area contributed by atoms with Crippen molar-refractivity contribution in [2.45, 2.75) is 165 Å². The molecule has 0 radical (unpaired) electrons. The van der Waals surface area contributed by atoms with Crippen LogP contribution in [0.1, 0.15) is 117 Å². The first-order valence-corrected chi connectivity index (χ1v) is 25.2. The van der Waals surface area contributed by atoms with Gasteiger partial charge in [0.15, 0.2) is 11.9 Å². The van der Waals surface area contributed by atoms with Crippen LogP contribution in [-0.4, -0.2) is 115 Å². The molecule has 0 spiro atoms. The fraction of sp³-hybridized carbons (Fsp3) is 0.588. The Balaban J connectivity index is 2.10. The number of allylic oxidation sites excluding steroid dienone is 15. The summed E-state index contributed by atoms with van der Waals surface area (Å²) in [6, 6.07) is 0. The Morgan fingerprint density at radius 1 is 0.806 bits per heavy atom. The summed E-state index contributed by atoms with van der Waals surface area (Å²) in [5, 5.41) is 66.9. The van der Waals surface area contributed by atoms with Gasteiger partial charge in [0.05, 0.1) is 30.8 Å². The maximum absolute atomic E-state index is 13.5. The molecule has 15 nitrogen and oxygen atoms in total. The molecule has 2 bridgehead atoms. The Morgan fingerprint density at radius 3 is 2.01 bits per heavy atom. The van der Waals surface area contributed by atoms with Crippen molar-refractivity contribution < 1.29 is 73.0 Å². The van der Waals surface area contributed by atoms with E-state index in [1.807, 2.05) is 31.2 Å². The molecule has 16 heteroatoms. The number of phosphoric ester groups is 1. The number of ether oxygens (including phenoxy) is 2. The minimum atomic E-state index is -5.44. The van der Waals surface area contributed by atoms with Crippen LogP contribution in [-0.2, 0) is 37.5 Å². The lowest BCUT2D eigenvalue weighted by molar-refractivity contribution is -0.164. The molecule has 1 aliphatic heterocycles. The van der Waals surface area contributed by atoms with E-state index in [-0.39, 0.29) is 19.3 Å². The Hall–Kier alpha value is -3.86. The summed E-state index contributed by atoms with van der Waals surface area (Å²) in [4.78, 5) is 49.9. The van der Waals surface area contributed by atoms with Gasteiger partial charge in [-0.25, -0.2) is 4.57 Å². The molecule has 2 aliphatic rings. The largest absolute Gasteiger partial charge is 0.472 e. The van der Waals surface area contributed by atoms with E-state index < -0.39 is 99.4 Å². The number of aliphatic hydroxyl groups is 6. The Labute approximate surface area is 397 Å². The highest BCUT2D eigenvalue weighted by Gasteiger charge is 2.47. The minimum Gasteiger partial charge on any atom is -0.462 e. The zero-order valence-electron chi connectivity index (χ0n) is 39.2. The Kier molecular flexibility index (Phi) is 31.2. The molecule has 1 aliphatic carbocycles. The lowest BCUT2D eigenvalue weighted by Gasteiger charge is -2.36. The van der Waals surface area contributed by atoms with Crippen LogP contribution in [0.5, 0.6) is 0 Å². The first kappa shape index (κ1) is 59.3. The average molecular weight is 961 g/mol. The summed E-state index contributed by atoms with van der Waals surface area (Å²) in [6.45, 7) is 2.66. The normalized spacial score (nSPS) is 30.5. The Bertz CT molecular complexity index is 1750. The number of cyclic esters (lactones) is 1. The number of esters is 2. The van der Waals surface area contributed by atoms with Crippen LogP contribution in [0.25, 0.3) is 0 Å². The van der Waals surface area contributed by atoms with Crippen LogP contribution in [0, 0.1) is 11.8 Å². The maximum Gasteiger partial charge on any atom is 0.472 e. The van der Waals surface area contributed by atoms with E-state index in [0.29, 0.717) is 38.5 Å². The number of fused-ring (bicyclic) bond motifs is 4. The molecular formula is C51H77O15P. The van der Waals surface area contributed by atoms with E-state index in [1.54, 1.807) is 12.2 Å². The van der Waals surface area contributed by atoms with Crippen LogP contribution in [0.3, 0.4) is 0 Å². The lowest BCUT2D eigenvalue weighted by Crippen LogP contribution is -2.55. The molecule has 0 saturated heterocycles. The quantitative estimate of drug-likeness (QED) is 0.0245. The monoisotopic (exact) mass is 961 g/mol. The van der Waals surface area contributed by atoms with E-state index in [1.165, 1.54) is 18.2 Å². The number of hydrogen-bond acceptors (Lipinski definition) is 14. The SMILES string of the molecule is CC/C=C\C/C=C\C/C=C\C/C=C\C/C=C\C/C=C\CCC(=O)OC[C@@H]1COP(=O)(O)O[C@H]2[C@H](O)[C@@H](O)[C@H](O)[C@H](/C=C\C(=O)[C@H](/C=C/[C@@H](O)CCCCC)[C@@H](O)[C@H]2O)C/C=C\CCCC(=O)O1. The number of carbonyl (C=O) groups is 3. The van der Waals surface area contributed by atoms with Crippen molar-refractivity contribution in [2.75, 3.05) is 13.2 Å². The molecule has 7 N–H and O–H groups in total. The number of phosphoric acid groups is 1. The number of unbranched alkanes of at least 4 members (excludes halogenated alkanes) is 2. The van der Waals surface area contributed by atoms with Crippen LogP contribution >= 0.6 is 7.82 Å². The van der Waals surface area contributed by atoms with Crippen LogP contribution in [0.4, 0.5) is 0 Å². The molecule has 1 unspecified atom stereocenters. The molecule has 2 rings (SSSR count). The topological polar surface area (TPSA) is 247 Å². The molecule has 0 aromatic heterocycles. The third-order valence-electron chi connectivity index (χ3n) is 10.9. The number of rotatable bonds is 22. The first-order chi connectivity index (χ1) is 32.2. The van der Waals surface area contributed by atoms with Gasteiger partial charge in [-0.2, -0.15) is 0 Å². The van der Waals surface area contributed by atoms with Gasteiger partial charge in [0.25, 0.3) is 0 Å². The number of ketones is 1. The summed E-state index contributed by atoms with van der Waals surface area (Å²) < 4.78 is 34.5. The van der Waals surface area contributed by atoms with E-state index in [0.717, 1.165) is 51.0 Å². The van der Waals surface area contributed by atoms with Crippen LogP contribution < -0.4 is 0 Å². The van der Waals surface area contributed by atoms with Crippen LogP contribution in [0.15, 0.2) is 109 Å². The van der Waals surface area contributed by atoms with Crippen molar-refractivity contribution in [1.82, 2.24) is 0 Å². The van der Waals surface area contributed by atoms with Crippen LogP contribution in [0.2, 0.25) is 0 Å². The van der Waals surface area contributed by atoms with Gasteiger partial charge in [-0.05, 0) is 76.7 Å². The molecule has 0 amide bonds. The van der Waals surface area contributed by atoms with E-state index in [9.17, 15) is 54.5 Å².